The van der Waals surface area contributed by atoms with Crippen molar-refractivity contribution in [1.82, 2.24) is 0 Å². The van der Waals surface area contributed by atoms with Gasteiger partial charge < -0.3 is 28.8 Å². The molecule has 1 aromatic carbocycles. The van der Waals surface area contributed by atoms with Gasteiger partial charge in [0, 0.05) is 0 Å². The summed E-state index contributed by atoms with van der Waals surface area (Å²) < 4.78 is 24.7. The Morgan fingerprint density at radius 3 is 2.25 bits per heavy atom. The minimum atomic E-state index is -2.16. The van der Waals surface area contributed by atoms with Gasteiger partial charge in [0.25, 0.3) is 0 Å². The summed E-state index contributed by atoms with van der Waals surface area (Å²) >= 11 is 0. The molecule has 0 unspecified atom stereocenters. The first-order valence-corrected chi connectivity index (χ1v) is 12.8. The largest absolute Gasteiger partial charge is 0.508 e. The zero-order chi connectivity index (χ0) is 20.9. The van der Waals surface area contributed by atoms with E-state index in [1.807, 2.05) is 13.8 Å². The van der Waals surface area contributed by atoms with E-state index in [1.54, 1.807) is 24.3 Å². The van der Waals surface area contributed by atoms with Crippen LogP contribution in [0.2, 0.25) is 18.1 Å². The molecular formula is C21H34O6Si. The normalized spacial score (nSPS) is 33.4. The van der Waals surface area contributed by atoms with Crippen LogP contribution in [0.15, 0.2) is 24.3 Å². The summed E-state index contributed by atoms with van der Waals surface area (Å²) in [5.74, 6) is -0.506. The predicted molar refractivity (Wildman–Crippen MR) is 109 cm³/mol. The number of phenolic OH excluding ortho intramolecular Hbond substituents is 1. The van der Waals surface area contributed by atoms with E-state index >= 15 is 0 Å². The van der Waals surface area contributed by atoms with Crippen molar-refractivity contribution < 1.29 is 28.8 Å². The molecule has 0 amide bonds. The Kier molecular flexibility index (Phi) is 5.73. The fourth-order valence-electron chi connectivity index (χ4n) is 3.46. The van der Waals surface area contributed by atoms with Crippen molar-refractivity contribution in [2.24, 2.45) is 0 Å². The minimum absolute atomic E-state index is 0.000196. The van der Waals surface area contributed by atoms with Crippen LogP contribution in [-0.2, 0) is 18.6 Å². The van der Waals surface area contributed by atoms with E-state index in [9.17, 15) is 10.2 Å². The Morgan fingerprint density at radius 1 is 1.14 bits per heavy atom. The van der Waals surface area contributed by atoms with Crippen LogP contribution >= 0.6 is 0 Å². The van der Waals surface area contributed by atoms with Crippen molar-refractivity contribution in [2.45, 2.75) is 89.1 Å². The van der Waals surface area contributed by atoms with E-state index < -0.39 is 38.5 Å². The minimum Gasteiger partial charge on any atom is -0.508 e. The van der Waals surface area contributed by atoms with E-state index in [1.165, 1.54) is 0 Å². The molecule has 1 aromatic rings. The Bertz CT molecular complexity index is 681. The van der Waals surface area contributed by atoms with Gasteiger partial charge in [0.1, 0.15) is 36.3 Å². The molecule has 2 N–H and O–H groups in total. The summed E-state index contributed by atoms with van der Waals surface area (Å²) in [7, 11) is -2.16. The molecule has 0 saturated carbocycles. The van der Waals surface area contributed by atoms with Crippen LogP contribution in [0.25, 0.3) is 0 Å². The zero-order valence-electron chi connectivity index (χ0n) is 17.9. The fourth-order valence-corrected chi connectivity index (χ4v) is 4.77. The molecule has 0 radical (unpaired) electrons. The highest BCUT2D eigenvalue weighted by atomic mass is 28.4. The topological polar surface area (TPSA) is 77.4 Å². The van der Waals surface area contributed by atoms with Crippen LogP contribution < -0.4 is 0 Å². The predicted octanol–water partition coefficient (Wildman–Crippen LogP) is 3.73. The van der Waals surface area contributed by atoms with Crippen LogP contribution in [-0.4, -0.2) is 55.3 Å². The van der Waals surface area contributed by atoms with Gasteiger partial charge in [-0.15, -0.1) is 0 Å². The average Bonchev–Trinajstić information content (AvgIpc) is 3.08. The SMILES string of the molecule is CC1(C)OC[C@H]([C@H]2O[C@@H](c3ccc(O)cc3)[C@H](O)[C@H]2O[Si](C)(C)C(C)(C)C)O1. The average molecular weight is 411 g/mol. The molecule has 2 saturated heterocycles. The van der Waals surface area contributed by atoms with Crippen molar-refractivity contribution in [3.63, 3.8) is 0 Å². The van der Waals surface area contributed by atoms with E-state index in [0.29, 0.717) is 6.61 Å². The van der Waals surface area contributed by atoms with Crippen molar-refractivity contribution in [3.05, 3.63) is 29.8 Å². The second-order valence-corrected chi connectivity index (χ2v) is 14.6. The molecule has 2 fully saturated rings. The summed E-state index contributed by atoms with van der Waals surface area (Å²) in [6.07, 6.45) is -2.66. The van der Waals surface area contributed by atoms with Gasteiger partial charge in [-0.05, 0) is 49.7 Å². The van der Waals surface area contributed by atoms with Gasteiger partial charge in [0.15, 0.2) is 14.1 Å². The molecular weight excluding hydrogens is 376 g/mol. The lowest BCUT2D eigenvalue weighted by atomic mass is 10.00. The van der Waals surface area contributed by atoms with Gasteiger partial charge in [-0.3, -0.25) is 0 Å². The van der Waals surface area contributed by atoms with Crippen LogP contribution in [0.5, 0.6) is 5.75 Å². The lowest BCUT2D eigenvalue weighted by Crippen LogP contribution is -2.51. The second-order valence-electron chi connectivity index (χ2n) is 9.81. The lowest BCUT2D eigenvalue weighted by Gasteiger charge is -2.40. The number of rotatable bonds is 4. The number of hydrogen-bond acceptors (Lipinski definition) is 6. The standard InChI is InChI=1S/C21H34O6Si/c1-20(2,3)28(6,7)27-19-16(23)17(13-8-10-14(22)11-9-13)25-18(19)15-12-24-21(4,5)26-15/h8-11,15-19,22-23H,12H2,1-7H3/t15-,16+,17+,18-,19-/m1/s1. The Hall–Kier alpha value is -0.963. The Morgan fingerprint density at radius 2 is 1.75 bits per heavy atom. The first kappa shape index (κ1) is 21.7. The molecule has 0 aromatic heterocycles. The number of benzene rings is 1. The van der Waals surface area contributed by atoms with Crippen molar-refractivity contribution >= 4 is 8.32 Å². The maximum absolute atomic E-state index is 11.2. The molecule has 28 heavy (non-hydrogen) atoms. The van der Waals surface area contributed by atoms with Crippen LogP contribution in [0.3, 0.4) is 0 Å². The molecule has 0 aliphatic carbocycles. The van der Waals surface area contributed by atoms with Crippen LogP contribution in [0.4, 0.5) is 0 Å². The molecule has 0 spiro atoms. The van der Waals surface area contributed by atoms with Crippen molar-refractivity contribution in [3.8, 4) is 5.75 Å². The molecule has 2 heterocycles. The van der Waals surface area contributed by atoms with Crippen LogP contribution in [0, 0.1) is 0 Å². The highest BCUT2D eigenvalue weighted by molar-refractivity contribution is 6.74. The molecule has 6 nitrogen and oxygen atoms in total. The number of aliphatic hydroxyl groups excluding tert-OH is 1. The van der Waals surface area contributed by atoms with E-state index in [-0.39, 0.29) is 16.9 Å². The quantitative estimate of drug-likeness (QED) is 0.737. The third-order valence-electron chi connectivity index (χ3n) is 6.13. The summed E-state index contributed by atoms with van der Waals surface area (Å²) in [6, 6.07) is 6.73. The van der Waals surface area contributed by atoms with E-state index in [4.69, 9.17) is 18.6 Å². The second kappa shape index (κ2) is 7.38. The summed E-state index contributed by atoms with van der Waals surface area (Å²) in [6.45, 7) is 15.0. The molecule has 2 aliphatic rings. The highest BCUT2D eigenvalue weighted by Gasteiger charge is 2.54. The van der Waals surface area contributed by atoms with Crippen LogP contribution in [0.1, 0.15) is 46.3 Å². The van der Waals surface area contributed by atoms with Gasteiger partial charge in [-0.1, -0.05) is 32.9 Å². The van der Waals surface area contributed by atoms with Gasteiger partial charge in [-0.2, -0.15) is 0 Å². The molecule has 7 heteroatoms. The van der Waals surface area contributed by atoms with Crippen molar-refractivity contribution in [1.29, 1.82) is 0 Å². The van der Waals surface area contributed by atoms with E-state index in [0.717, 1.165) is 5.56 Å². The smallest absolute Gasteiger partial charge is 0.192 e. The number of ether oxygens (including phenoxy) is 3. The zero-order valence-corrected chi connectivity index (χ0v) is 18.9. The molecule has 5 atom stereocenters. The number of aromatic hydroxyl groups is 1. The first-order chi connectivity index (χ1) is 12.8. The fraction of sp³-hybridized carbons (Fsp3) is 0.714. The summed E-state index contributed by atoms with van der Waals surface area (Å²) in [5, 5.41) is 20.8. The Labute approximate surface area is 168 Å². The third-order valence-corrected chi connectivity index (χ3v) is 10.6. The maximum atomic E-state index is 11.2. The third kappa shape index (κ3) is 4.29. The summed E-state index contributed by atoms with van der Waals surface area (Å²) in [4.78, 5) is 0. The maximum Gasteiger partial charge on any atom is 0.192 e. The number of aliphatic hydroxyl groups is 1. The van der Waals surface area contributed by atoms with Gasteiger partial charge >= 0.3 is 0 Å². The number of hydrogen-bond donors (Lipinski definition) is 2. The Balaban J connectivity index is 1.89. The van der Waals surface area contributed by atoms with E-state index in [2.05, 4.69) is 33.9 Å². The van der Waals surface area contributed by atoms with Crippen molar-refractivity contribution in [2.75, 3.05) is 6.61 Å². The van der Waals surface area contributed by atoms with Gasteiger partial charge in [0.2, 0.25) is 0 Å². The monoisotopic (exact) mass is 410 g/mol. The van der Waals surface area contributed by atoms with Gasteiger partial charge in [0.05, 0.1) is 6.61 Å². The van der Waals surface area contributed by atoms with Gasteiger partial charge in [-0.25, -0.2) is 0 Å². The first-order valence-electron chi connectivity index (χ1n) is 9.93. The molecule has 2 aliphatic heterocycles. The molecule has 158 valence electrons. The number of phenols is 1. The lowest BCUT2D eigenvalue weighted by molar-refractivity contribution is -0.160. The summed E-state index contributed by atoms with van der Waals surface area (Å²) in [5.41, 5.74) is 0.801. The molecule has 3 rings (SSSR count). The highest BCUT2D eigenvalue weighted by Crippen LogP contribution is 2.44. The molecule has 0 bridgehead atoms.